The maximum absolute atomic E-state index is 12.1. The molecule has 6 heteroatoms. The smallest absolute Gasteiger partial charge is 0.317 e. The Morgan fingerprint density at radius 1 is 1.38 bits per heavy atom. The highest BCUT2D eigenvalue weighted by Gasteiger charge is 2.26. The normalized spacial score (nSPS) is 20.8. The van der Waals surface area contributed by atoms with E-state index in [0.29, 0.717) is 19.6 Å². The van der Waals surface area contributed by atoms with Gasteiger partial charge in [0.25, 0.3) is 0 Å². The number of carbonyl (C=O) groups is 1. The maximum atomic E-state index is 12.1. The molecule has 1 aliphatic rings. The number of amides is 2. The molecule has 24 heavy (non-hydrogen) atoms. The van der Waals surface area contributed by atoms with E-state index in [1.807, 2.05) is 36.0 Å². The topological polar surface area (TPSA) is 70.4 Å². The van der Waals surface area contributed by atoms with Gasteiger partial charge in [0, 0.05) is 32.0 Å². The van der Waals surface area contributed by atoms with Gasteiger partial charge in [-0.15, -0.1) is 0 Å². The van der Waals surface area contributed by atoms with Crippen LogP contribution in [0.1, 0.15) is 18.9 Å². The molecule has 1 fully saturated rings. The monoisotopic (exact) mass is 328 g/mol. The average molecular weight is 328 g/mol. The molecule has 3 rings (SSSR count). The van der Waals surface area contributed by atoms with Crippen molar-refractivity contribution in [2.45, 2.75) is 25.9 Å². The Labute approximate surface area is 142 Å². The van der Waals surface area contributed by atoms with Crippen molar-refractivity contribution in [3.8, 4) is 5.69 Å². The number of carbonyl (C=O) groups excluding carboxylic acids is 1. The van der Waals surface area contributed by atoms with E-state index >= 15 is 0 Å². The highest BCUT2D eigenvalue weighted by Crippen LogP contribution is 2.16. The lowest BCUT2D eigenvalue weighted by atomic mass is 9.96. The number of nitrogens with zero attached hydrogens (tertiary/aromatic N) is 3. The van der Waals surface area contributed by atoms with Gasteiger partial charge in [-0.2, -0.15) is 5.10 Å². The number of hydrogen-bond donors (Lipinski definition) is 2. The van der Waals surface area contributed by atoms with Crippen LogP contribution in [0.3, 0.4) is 0 Å². The van der Waals surface area contributed by atoms with Crippen LogP contribution in [0, 0.1) is 5.92 Å². The van der Waals surface area contributed by atoms with Gasteiger partial charge in [0.1, 0.15) is 0 Å². The van der Waals surface area contributed by atoms with Gasteiger partial charge in [-0.3, -0.25) is 0 Å². The molecule has 1 saturated heterocycles. The van der Waals surface area contributed by atoms with Gasteiger partial charge in [0.2, 0.25) is 0 Å². The van der Waals surface area contributed by atoms with Crippen molar-refractivity contribution in [1.29, 1.82) is 0 Å². The highest BCUT2D eigenvalue weighted by molar-refractivity contribution is 5.74. The first-order valence-corrected chi connectivity index (χ1v) is 8.43. The molecule has 0 aliphatic carbocycles. The molecule has 2 N–H and O–H groups in total. The van der Waals surface area contributed by atoms with Crippen molar-refractivity contribution in [3.63, 3.8) is 0 Å². The van der Waals surface area contributed by atoms with Gasteiger partial charge in [0.15, 0.2) is 0 Å². The molecule has 1 aromatic heterocycles. The van der Waals surface area contributed by atoms with Crippen LogP contribution in [-0.2, 0) is 6.42 Å². The summed E-state index contributed by atoms with van der Waals surface area (Å²) in [7, 11) is 0. The molecular weight excluding hydrogens is 304 g/mol. The van der Waals surface area contributed by atoms with Crippen LogP contribution < -0.4 is 5.32 Å². The van der Waals surface area contributed by atoms with Gasteiger partial charge in [-0.1, -0.05) is 19.1 Å². The Morgan fingerprint density at radius 3 is 2.83 bits per heavy atom. The van der Waals surface area contributed by atoms with Crippen molar-refractivity contribution in [2.24, 2.45) is 5.92 Å². The van der Waals surface area contributed by atoms with E-state index in [1.54, 1.807) is 11.1 Å². The molecule has 0 spiro atoms. The first kappa shape index (κ1) is 16.5. The lowest BCUT2D eigenvalue weighted by molar-refractivity contribution is 0.0436. The summed E-state index contributed by atoms with van der Waals surface area (Å²) >= 11 is 0. The summed E-state index contributed by atoms with van der Waals surface area (Å²) in [5.41, 5.74) is 2.18. The highest BCUT2D eigenvalue weighted by atomic mass is 16.3. The van der Waals surface area contributed by atoms with Crippen molar-refractivity contribution < 1.29 is 9.90 Å². The molecule has 0 radical (unpaired) electrons. The van der Waals surface area contributed by atoms with Crippen molar-refractivity contribution in [2.75, 3.05) is 19.6 Å². The first-order chi connectivity index (χ1) is 11.6. The van der Waals surface area contributed by atoms with Gasteiger partial charge < -0.3 is 15.3 Å². The quantitative estimate of drug-likeness (QED) is 0.899. The minimum Gasteiger partial charge on any atom is -0.391 e. The lowest BCUT2D eigenvalue weighted by Gasteiger charge is -2.34. The van der Waals surface area contributed by atoms with Gasteiger partial charge in [-0.05, 0) is 42.5 Å². The molecule has 2 amide bonds. The van der Waals surface area contributed by atoms with Crippen LogP contribution in [-0.4, -0.2) is 51.6 Å². The van der Waals surface area contributed by atoms with E-state index in [-0.39, 0.29) is 11.9 Å². The third-order valence-corrected chi connectivity index (χ3v) is 4.60. The number of β-amino-alcohol motifs (C(OH)–C–C–N with tert-alkyl or cyclic N) is 1. The Hall–Kier alpha value is -2.34. The fraction of sp³-hybridized carbons (Fsp3) is 0.444. The Bertz CT molecular complexity index is 654. The molecule has 0 bridgehead atoms. The Morgan fingerprint density at radius 2 is 2.17 bits per heavy atom. The second kappa shape index (κ2) is 7.49. The van der Waals surface area contributed by atoms with E-state index in [2.05, 4.69) is 22.5 Å². The molecule has 2 aromatic rings. The van der Waals surface area contributed by atoms with Gasteiger partial charge in [-0.25, -0.2) is 9.48 Å². The summed E-state index contributed by atoms with van der Waals surface area (Å²) in [4.78, 5) is 13.8. The molecule has 0 saturated carbocycles. The van der Waals surface area contributed by atoms with E-state index in [1.165, 1.54) is 5.56 Å². The van der Waals surface area contributed by atoms with Crippen LogP contribution in [0.25, 0.3) is 5.69 Å². The van der Waals surface area contributed by atoms with Crippen molar-refractivity contribution >= 4 is 6.03 Å². The molecule has 0 unspecified atom stereocenters. The number of hydrogen-bond acceptors (Lipinski definition) is 3. The summed E-state index contributed by atoms with van der Waals surface area (Å²) < 4.78 is 1.81. The van der Waals surface area contributed by atoms with E-state index in [9.17, 15) is 9.90 Å². The van der Waals surface area contributed by atoms with Crippen LogP contribution in [0.15, 0.2) is 42.7 Å². The Balaban J connectivity index is 1.45. The third kappa shape index (κ3) is 3.94. The van der Waals surface area contributed by atoms with Crippen molar-refractivity contribution in [1.82, 2.24) is 20.0 Å². The second-order valence-electron chi connectivity index (χ2n) is 6.38. The summed E-state index contributed by atoms with van der Waals surface area (Å²) in [5.74, 6) is 0.266. The average Bonchev–Trinajstić information content (AvgIpc) is 3.12. The molecule has 6 nitrogen and oxygen atoms in total. The predicted molar refractivity (Wildman–Crippen MR) is 92.0 cm³/mol. The van der Waals surface area contributed by atoms with Gasteiger partial charge >= 0.3 is 6.03 Å². The summed E-state index contributed by atoms with van der Waals surface area (Å²) in [5, 5.41) is 17.0. The van der Waals surface area contributed by atoms with E-state index < -0.39 is 6.10 Å². The molecule has 2 atom stereocenters. The number of aliphatic hydroxyl groups is 1. The molecule has 128 valence electrons. The number of aliphatic hydroxyl groups excluding tert-OH is 1. The number of rotatable bonds is 4. The van der Waals surface area contributed by atoms with E-state index in [0.717, 1.165) is 18.5 Å². The zero-order valence-electron chi connectivity index (χ0n) is 13.9. The predicted octanol–water partition coefficient (Wildman–Crippen LogP) is 1.83. The third-order valence-electron chi connectivity index (χ3n) is 4.60. The zero-order valence-corrected chi connectivity index (χ0v) is 13.9. The maximum Gasteiger partial charge on any atom is 0.317 e. The fourth-order valence-corrected chi connectivity index (χ4v) is 2.90. The summed E-state index contributed by atoms with van der Waals surface area (Å²) in [6, 6.07) is 9.94. The minimum atomic E-state index is -0.417. The summed E-state index contributed by atoms with van der Waals surface area (Å²) in [6.07, 6.45) is 4.87. The molecule has 1 aromatic carbocycles. The standard InChI is InChI=1S/C18H24N4O2/c1-14-8-12-21(13-17(14)23)18(24)19-10-7-15-3-5-16(6-4-15)22-11-2-9-20-22/h2-6,9,11,14,17,23H,7-8,10,12-13H2,1H3,(H,19,24)/t14-,17+/m0/s1. The SMILES string of the molecule is C[C@H]1CCN(C(=O)NCCc2ccc(-n3cccn3)cc2)C[C@H]1O. The zero-order chi connectivity index (χ0) is 16.9. The minimum absolute atomic E-state index is 0.0888. The lowest BCUT2D eigenvalue weighted by Crippen LogP contribution is -2.49. The fourth-order valence-electron chi connectivity index (χ4n) is 2.90. The van der Waals surface area contributed by atoms with Crippen LogP contribution >= 0.6 is 0 Å². The number of nitrogens with one attached hydrogen (secondary N) is 1. The summed E-state index contributed by atoms with van der Waals surface area (Å²) in [6.45, 7) is 3.74. The largest absolute Gasteiger partial charge is 0.391 e. The number of urea groups is 1. The first-order valence-electron chi connectivity index (χ1n) is 8.43. The number of benzene rings is 1. The Kier molecular flexibility index (Phi) is 5.15. The van der Waals surface area contributed by atoms with Crippen LogP contribution in [0.4, 0.5) is 4.79 Å². The van der Waals surface area contributed by atoms with Crippen LogP contribution in [0.5, 0.6) is 0 Å². The number of piperidine rings is 1. The number of aromatic nitrogens is 2. The molecule has 2 heterocycles. The molecular formula is C18H24N4O2. The van der Waals surface area contributed by atoms with Gasteiger partial charge in [0.05, 0.1) is 11.8 Å². The van der Waals surface area contributed by atoms with Crippen molar-refractivity contribution in [3.05, 3.63) is 48.3 Å². The number of likely N-dealkylation sites (tertiary alicyclic amines) is 1. The van der Waals surface area contributed by atoms with E-state index in [4.69, 9.17) is 0 Å². The van der Waals surface area contributed by atoms with Crippen LogP contribution in [0.2, 0.25) is 0 Å². The molecule has 1 aliphatic heterocycles. The second-order valence-corrected chi connectivity index (χ2v) is 6.38.